The van der Waals surface area contributed by atoms with Crippen LogP contribution in [0.2, 0.25) is 0 Å². The maximum atomic E-state index is 13.8. The summed E-state index contributed by atoms with van der Waals surface area (Å²) in [4.78, 5) is 10.7. The van der Waals surface area contributed by atoms with Gasteiger partial charge in [-0.2, -0.15) is 0 Å². The van der Waals surface area contributed by atoms with Gasteiger partial charge in [-0.25, -0.2) is 9.18 Å². The number of carboxylic acids is 1. The molecule has 0 aliphatic heterocycles. The molecule has 1 N–H and O–H groups in total. The summed E-state index contributed by atoms with van der Waals surface area (Å²) in [5.74, 6) is -2.02. The van der Waals surface area contributed by atoms with E-state index in [1.165, 1.54) is 0 Å². The number of carbonyl (C=O) groups is 1. The number of rotatable bonds is 1. The number of aliphatic carboxylic acids is 1. The van der Waals surface area contributed by atoms with Gasteiger partial charge in [0.15, 0.2) is 0 Å². The van der Waals surface area contributed by atoms with E-state index in [2.05, 4.69) is 0 Å². The third-order valence-corrected chi connectivity index (χ3v) is 3.44. The van der Waals surface area contributed by atoms with Crippen molar-refractivity contribution in [3.63, 3.8) is 0 Å². The molecule has 1 saturated carbocycles. The molecule has 1 aromatic rings. The Hall–Kier alpha value is -1.38. The van der Waals surface area contributed by atoms with Crippen LogP contribution in [0, 0.1) is 5.92 Å². The lowest BCUT2D eigenvalue weighted by molar-refractivity contribution is -0.145. The van der Waals surface area contributed by atoms with Gasteiger partial charge in [0, 0.05) is 11.8 Å². The van der Waals surface area contributed by atoms with Gasteiger partial charge in [0.1, 0.15) is 0 Å². The summed E-state index contributed by atoms with van der Waals surface area (Å²) >= 11 is 0. The molecule has 3 atom stereocenters. The Morgan fingerprint density at radius 1 is 1.50 bits per heavy atom. The average molecular weight is 192 g/mol. The standard InChI is InChI=1S/C11H9FO2/c12-11(10(13)14)8-5-6-3-1-2-4-7(6)9(8)11/h1-4,8-9H,5H2,(H,13,14). The summed E-state index contributed by atoms with van der Waals surface area (Å²) in [6.07, 6.45) is 0.573. The summed E-state index contributed by atoms with van der Waals surface area (Å²) in [5, 5.41) is 8.77. The zero-order valence-corrected chi connectivity index (χ0v) is 7.40. The van der Waals surface area contributed by atoms with Crippen LogP contribution in [-0.2, 0) is 11.2 Å². The van der Waals surface area contributed by atoms with Gasteiger partial charge < -0.3 is 5.11 Å². The molecule has 3 unspecified atom stereocenters. The highest BCUT2D eigenvalue weighted by Gasteiger charge is 2.74. The molecule has 2 aliphatic rings. The van der Waals surface area contributed by atoms with Crippen molar-refractivity contribution < 1.29 is 14.3 Å². The Kier molecular flexibility index (Phi) is 1.23. The van der Waals surface area contributed by atoms with E-state index in [1.54, 1.807) is 0 Å². The fourth-order valence-corrected chi connectivity index (χ4v) is 2.69. The first-order chi connectivity index (χ1) is 6.65. The molecular weight excluding hydrogens is 183 g/mol. The highest BCUT2D eigenvalue weighted by Crippen LogP contribution is 2.66. The van der Waals surface area contributed by atoms with E-state index in [0.717, 1.165) is 11.1 Å². The van der Waals surface area contributed by atoms with Gasteiger partial charge >= 0.3 is 5.97 Å². The van der Waals surface area contributed by atoms with Gasteiger partial charge in [-0.3, -0.25) is 0 Å². The third kappa shape index (κ3) is 0.694. The van der Waals surface area contributed by atoms with Crippen molar-refractivity contribution in [3.8, 4) is 0 Å². The van der Waals surface area contributed by atoms with Crippen molar-refractivity contribution in [1.29, 1.82) is 0 Å². The first-order valence-electron chi connectivity index (χ1n) is 4.66. The van der Waals surface area contributed by atoms with Crippen molar-refractivity contribution >= 4 is 5.97 Å². The lowest BCUT2D eigenvalue weighted by atomic mass is 10.0. The predicted octanol–water partition coefficient (Wildman–Crippen LogP) is 1.75. The first-order valence-corrected chi connectivity index (χ1v) is 4.66. The number of hydrogen-bond acceptors (Lipinski definition) is 1. The van der Waals surface area contributed by atoms with Crippen LogP contribution < -0.4 is 0 Å². The van der Waals surface area contributed by atoms with E-state index in [4.69, 9.17) is 5.11 Å². The molecule has 3 heteroatoms. The summed E-state index contributed by atoms with van der Waals surface area (Å²) in [6, 6.07) is 7.53. The molecule has 0 amide bonds. The third-order valence-electron chi connectivity index (χ3n) is 3.44. The molecular formula is C11H9FO2. The minimum Gasteiger partial charge on any atom is -0.479 e. The van der Waals surface area contributed by atoms with Gasteiger partial charge in [-0.15, -0.1) is 0 Å². The zero-order chi connectivity index (χ0) is 9.92. The molecule has 72 valence electrons. The molecule has 14 heavy (non-hydrogen) atoms. The Morgan fingerprint density at radius 3 is 2.93 bits per heavy atom. The number of alkyl halides is 1. The summed E-state index contributed by atoms with van der Waals surface area (Å²) in [7, 11) is 0. The Labute approximate surface area is 80.4 Å². The number of carboxylic acid groups (broad SMARTS) is 1. The minimum atomic E-state index is -1.98. The molecule has 1 fully saturated rings. The maximum Gasteiger partial charge on any atom is 0.342 e. The molecule has 0 bridgehead atoms. The molecule has 1 aromatic carbocycles. The molecule has 3 rings (SSSR count). The number of fused-ring (bicyclic) bond motifs is 3. The quantitative estimate of drug-likeness (QED) is 0.736. The minimum absolute atomic E-state index is 0.322. The molecule has 0 saturated heterocycles. The van der Waals surface area contributed by atoms with Gasteiger partial charge in [0.2, 0.25) is 5.67 Å². The molecule has 2 aliphatic carbocycles. The summed E-state index contributed by atoms with van der Waals surface area (Å²) in [6.45, 7) is 0. The van der Waals surface area contributed by atoms with Crippen LogP contribution >= 0.6 is 0 Å². The van der Waals surface area contributed by atoms with Gasteiger partial charge in [-0.05, 0) is 17.5 Å². The second-order valence-corrected chi connectivity index (χ2v) is 4.06. The van der Waals surface area contributed by atoms with E-state index >= 15 is 0 Å². The van der Waals surface area contributed by atoms with Gasteiger partial charge in [0.25, 0.3) is 0 Å². The van der Waals surface area contributed by atoms with Crippen LogP contribution in [0.3, 0.4) is 0 Å². The number of halogens is 1. The fourth-order valence-electron chi connectivity index (χ4n) is 2.69. The second kappa shape index (κ2) is 2.16. The van der Waals surface area contributed by atoms with Crippen molar-refractivity contribution in [2.24, 2.45) is 5.92 Å². The van der Waals surface area contributed by atoms with Crippen LogP contribution in [-0.4, -0.2) is 16.7 Å². The second-order valence-electron chi connectivity index (χ2n) is 4.06. The molecule has 0 spiro atoms. The van der Waals surface area contributed by atoms with E-state index in [-0.39, 0.29) is 5.92 Å². The van der Waals surface area contributed by atoms with E-state index in [1.807, 2.05) is 24.3 Å². The van der Waals surface area contributed by atoms with Crippen LogP contribution in [0.1, 0.15) is 17.0 Å². The van der Waals surface area contributed by atoms with Gasteiger partial charge in [-0.1, -0.05) is 24.3 Å². The number of benzene rings is 1. The fraction of sp³-hybridized carbons (Fsp3) is 0.364. The smallest absolute Gasteiger partial charge is 0.342 e. The first kappa shape index (κ1) is 7.97. The Balaban J connectivity index is 2.05. The normalized spacial score (nSPS) is 37.5. The van der Waals surface area contributed by atoms with Crippen LogP contribution in [0.5, 0.6) is 0 Å². The van der Waals surface area contributed by atoms with Crippen molar-refractivity contribution in [3.05, 3.63) is 35.4 Å². The molecule has 0 aromatic heterocycles. The molecule has 0 heterocycles. The van der Waals surface area contributed by atoms with Crippen LogP contribution in [0.15, 0.2) is 24.3 Å². The largest absolute Gasteiger partial charge is 0.479 e. The monoisotopic (exact) mass is 192 g/mol. The zero-order valence-electron chi connectivity index (χ0n) is 7.40. The van der Waals surface area contributed by atoms with E-state index in [0.29, 0.717) is 6.42 Å². The van der Waals surface area contributed by atoms with Crippen molar-refractivity contribution in [1.82, 2.24) is 0 Å². The van der Waals surface area contributed by atoms with Crippen molar-refractivity contribution in [2.75, 3.05) is 0 Å². The SMILES string of the molecule is O=C(O)C1(F)C2Cc3ccccc3C21. The topological polar surface area (TPSA) is 37.3 Å². The number of hydrogen-bond donors (Lipinski definition) is 1. The summed E-state index contributed by atoms with van der Waals surface area (Å²) < 4.78 is 13.8. The van der Waals surface area contributed by atoms with Crippen molar-refractivity contribution in [2.45, 2.75) is 18.0 Å². The molecule has 2 nitrogen and oxygen atoms in total. The highest BCUT2D eigenvalue weighted by molar-refractivity contribution is 5.86. The predicted molar refractivity (Wildman–Crippen MR) is 47.9 cm³/mol. The van der Waals surface area contributed by atoms with Crippen LogP contribution in [0.4, 0.5) is 4.39 Å². The van der Waals surface area contributed by atoms with E-state index < -0.39 is 17.6 Å². The van der Waals surface area contributed by atoms with Crippen LogP contribution in [0.25, 0.3) is 0 Å². The molecule has 0 radical (unpaired) electrons. The van der Waals surface area contributed by atoms with Gasteiger partial charge in [0.05, 0.1) is 0 Å². The average Bonchev–Trinajstić information content (AvgIpc) is 2.58. The lowest BCUT2D eigenvalue weighted by Gasteiger charge is -2.08. The summed E-state index contributed by atoms with van der Waals surface area (Å²) in [5.41, 5.74) is 0.0216. The van der Waals surface area contributed by atoms with E-state index in [9.17, 15) is 9.18 Å². The Morgan fingerprint density at radius 2 is 2.21 bits per heavy atom. The maximum absolute atomic E-state index is 13.8. The highest BCUT2D eigenvalue weighted by atomic mass is 19.1. The Bertz CT molecular complexity index is 429. The lowest BCUT2D eigenvalue weighted by Crippen LogP contribution is -2.22.